The zero-order valence-corrected chi connectivity index (χ0v) is 24.3. The van der Waals surface area contributed by atoms with Gasteiger partial charge in [0.1, 0.15) is 23.3 Å². The van der Waals surface area contributed by atoms with Crippen molar-refractivity contribution in [3.63, 3.8) is 0 Å². The van der Waals surface area contributed by atoms with Crippen molar-refractivity contribution in [1.29, 1.82) is 5.26 Å². The Morgan fingerprint density at radius 1 is 1.05 bits per heavy atom. The molecule has 0 atom stereocenters. The number of nitriles is 1. The molecule has 0 saturated carbocycles. The molecule has 218 valence electrons. The predicted octanol–water partition coefficient (Wildman–Crippen LogP) is 4.70. The topological polar surface area (TPSA) is 117 Å². The lowest BCUT2D eigenvalue weighted by atomic mass is 10.0. The lowest BCUT2D eigenvalue weighted by Crippen LogP contribution is -2.42. The van der Waals surface area contributed by atoms with Crippen LogP contribution in [0.25, 0.3) is 0 Å². The molecule has 1 aromatic heterocycles. The van der Waals surface area contributed by atoms with Crippen molar-refractivity contribution in [2.45, 2.75) is 51.3 Å². The SMILES string of the molecule is COc1ccc(OC2CCN(C(=O)c3ccc(C(C)=NC4CCN(Cc5ccc(C#N)cc5)CC4)cn3)CC2)c(N)c1. The number of piperidine rings is 2. The largest absolute Gasteiger partial charge is 0.497 e. The van der Waals surface area contributed by atoms with E-state index in [9.17, 15) is 4.79 Å². The van der Waals surface area contributed by atoms with Crippen molar-refractivity contribution < 1.29 is 14.3 Å². The highest BCUT2D eigenvalue weighted by Gasteiger charge is 2.26. The fourth-order valence-electron chi connectivity index (χ4n) is 5.51. The third kappa shape index (κ3) is 7.25. The first kappa shape index (κ1) is 29.1. The summed E-state index contributed by atoms with van der Waals surface area (Å²) in [5, 5.41) is 8.99. The first-order chi connectivity index (χ1) is 20.4. The Hall–Kier alpha value is -4.42. The van der Waals surface area contributed by atoms with E-state index in [2.05, 4.69) is 16.0 Å². The molecule has 0 spiro atoms. The number of amides is 1. The van der Waals surface area contributed by atoms with E-state index >= 15 is 0 Å². The Labute approximate surface area is 247 Å². The number of nitrogen functional groups attached to an aromatic ring is 1. The van der Waals surface area contributed by atoms with Crippen LogP contribution >= 0.6 is 0 Å². The average molecular weight is 567 g/mol. The number of anilines is 1. The minimum absolute atomic E-state index is 0.00164. The molecule has 2 aromatic carbocycles. The number of hydrogen-bond acceptors (Lipinski definition) is 8. The van der Waals surface area contributed by atoms with Crippen LogP contribution < -0.4 is 15.2 Å². The van der Waals surface area contributed by atoms with Gasteiger partial charge in [0.05, 0.1) is 30.5 Å². The lowest BCUT2D eigenvalue weighted by molar-refractivity contribution is 0.0591. The van der Waals surface area contributed by atoms with Gasteiger partial charge in [-0.25, -0.2) is 0 Å². The quantitative estimate of drug-likeness (QED) is 0.310. The minimum Gasteiger partial charge on any atom is -0.497 e. The summed E-state index contributed by atoms with van der Waals surface area (Å²) in [6, 6.07) is 19.4. The van der Waals surface area contributed by atoms with Crippen LogP contribution in [0.2, 0.25) is 0 Å². The van der Waals surface area contributed by atoms with Gasteiger partial charge in [0.2, 0.25) is 0 Å². The van der Waals surface area contributed by atoms with Gasteiger partial charge in [0.25, 0.3) is 5.91 Å². The smallest absolute Gasteiger partial charge is 0.272 e. The van der Waals surface area contributed by atoms with Gasteiger partial charge in [0, 0.05) is 69.1 Å². The maximum Gasteiger partial charge on any atom is 0.272 e. The molecule has 0 radical (unpaired) electrons. The van der Waals surface area contributed by atoms with E-state index < -0.39 is 0 Å². The zero-order valence-electron chi connectivity index (χ0n) is 24.3. The number of aliphatic imine (C=N–C) groups is 1. The number of hydrogen-bond donors (Lipinski definition) is 1. The summed E-state index contributed by atoms with van der Waals surface area (Å²) in [5.74, 6) is 1.27. The average Bonchev–Trinajstić information content (AvgIpc) is 3.03. The van der Waals surface area contributed by atoms with Crippen molar-refractivity contribution >= 4 is 17.3 Å². The second kappa shape index (κ2) is 13.5. The van der Waals surface area contributed by atoms with Crippen LogP contribution in [0, 0.1) is 11.3 Å². The third-order valence-corrected chi connectivity index (χ3v) is 8.06. The summed E-state index contributed by atoms with van der Waals surface area (Å²) >= 11 is 0. The maximum atomic E-state index is 13.1. The fourth-order valence-corrected chi connectivity index (χ4v) is 5.51. The van der Waals surface area contributed by atoms with Gasteiger partial charge in [-0.15, -0.1) is 0 Å². The van der Waals surface area contributed by atoms with E-state index in [0.717, 1.165) is 56.6 Å². The summed E-state index contributed by atoms with van der Waals surface area (Å²) in [6.07, 6.45) is 5.22. The molecule has 2 aliphatic heterocycles. The highest BCUT2D eigenvalue weighted by atomic mass is 16.5. The van der Waals surface area contributed by atoms with Gasteiger partial charge in [0.15, 0.2) is 0 Å². The van der Waals surface area contributed by atoms with Crippen LogP contribution in [-0.2, 0) is 6.54 Å². The summed E-state index contributed by atoms with van der Waals surface area (Å²) in [5.41, 5.74) is 10.9. The van der Waals surface area contributed by atoms with Crippen LogP contribution in [0.1, 0.15) is 59.8 Å². The minimum atomic E-state index is -0.0619. The van der Waals surface area contributed by atoms with Gasteiger partial charge in [-0.05, 0) is 61.7 Å². The number of ether oxygens (including phenoxy) is 2. The molecule has 3 heterocycles. The van der Waals surface area contributed by atoms with E-state index in [-0.39, 0.29) is 18.1 Å². The Balaban J connectivity index is 1.08. The Kier molecular flexibility index (Phi) is 9.35. The molecular weight excluding hydrogens is 528 g/mol. The molecule has 2 saturated heterocycles. The van der Waals surface area contributed by atoms with E-state index in [1.807, 2.05) is 54.3 Å². The van der Waals surface area contributed by atoms with Crippen molar-refractivity contribution in [3.8, 4) is 17.6 Å². The first-order valence-corrected chi connectivity index (χ1v) is 14.5. The maximum absolute atomic E-state index is 13.1. The molecule has 5 rings (SSSR count). The number of aromatic nitrogens is 1. The molecule has 0 unspecified atom stereocenters. The second-order valence-electron chi connectivity index (χ2n) is 11.0. The van der Waals surface area contributed by atoms with Gasteiger partial charge < -0.3 is 20.1 Å². The fraction of sp³-hybridized carbons (Fsp3) is 0.394. The van der Waals surface area contributed by atoms with Gasteiger partial charge in [-0.3, -0.25) is 19.7 Å². The predicted molar refractivity (Wildman–Crippen MR) is 163 cm³/mol. The molecule has 0 bridgehead atoms. The molecule has 3 aromatic rings. The van der Waals surface area contributed by atoms with Crippen molar-refractivity contribution in [2.24, 2.45) is 4.99 Å². The second-order valence-corrected chi connectivity index (χ2v) is 11.0. The number of nitrogens with zero attached hydrogens (tertiary/aromatic N) is 5. The number of nitrogens with two attached hydrogens (primary N) is 1. The van der Waals surface area contributed by atoms with Gasteiger partial charge in [-0.1, -0.05) is 12.1 Å². The summed E-state index contributed by atoms with van der Waals surface area (Å²) in [7, 11) is 1.60. The molecule has 9 heteroatoms. The Bertz CT molecular complexity index is 1430. The summed E-state index contributed by atoms with van der Waals surface area (Å²) in [4.78, 5) is 26.9. The van der Waals surface area contributed by atoms with Crippen LogP contribution in [0.15, 0.2) is 65.8 Å². The number of rotatable bonds is 8. The van der Waals surface area contributed by atoms with Crippen LogP contribution in [0.4, 0.5) is 5.69 Å². The number of methoxy groups -OCH3 is 1. The molecule has 42 heavy (non-hydrogen) atoms. The van der Waals surface area contributed by atoms with Gasteiger partial charge >= 0.3 is 0 Å². The zero-order chi connectivity index (χ0) is 29.5. The molecule has 9 nitrogen and oxygen atoms in total. The van der Waals surface area contributed by atoms with E-state index in [1.54, 1.807) is 25.4 Å². The van der Waals surface area contributed by atoms with E-state index in [0.29, 0.717) is 41.5 Å². The normalized spacial score (nSPS) is 17.1. The molecule has 1 amide bonds. The molecular formula is C33H38N6O3. The highest BCUT2D eigenvalue weighted by Crippen LogP contribution is 2.29. The van der Waals surface area contributed by atoms with E-state index in [1.165, 1.54) is 5.56 Å². The van der Waals surface area contributed by atoms with Crippen LogP contribution in [0.5, 0.6) is 11.5 Å². The molecule has 0 aliphatic carbocycles. The number of pyridine rings is 1. The Morgan fingerprint density at radius 3 is 2.40 bits per heavy atom. The van der Waals surface area contributed by atoms with Crippen LogP contribution in [0.3, 0.4) is 0 Å². The Morgan fingerprint density at radius 2 is 1.79 bits per heavy atom. The standard InChI is InChI=1S/C33H38N6O3/c1-23(37-27-11-15-38(16-12-27)22-25-5-3-24(20-34)4-6-25)26-7-9-31(36-21-26)33(40)39-17-13-28(14-18-39)42-32-10-8-29(41-2)19-30(32)35/h3-10,19,21,27-28H,11-18,22,35H2,1-2H3. The van der Waals surface area contributed by atoms with Crippen molar-refractivity contribution in [2.75, 3.05) is 39.0 Å². The number of benzene rings is 2. The number of carbonyl (C=O) groups is 1. The summed E-state index contributed by atoms with van der Waals surface area (Å²) in [6.45, 7) is 6.09. The van der Waals surface area contributed by atoms with Gasteiger partial charge in [-0.2, -0.15) is 5.26 Å². The van der Waals surface area contributed by atoms with Crippen molar-refractivity contribution in [3.05, 3.63) is 83.2 Å². The third-order valence-electron chi connectivity index (χ3n) is 8.06. The molecule has 2 fully saturated rings. The molecule has 2 N–H and O–H groups in total. The van der Waals surface area contributed by atoms with E-state index in [4.69, 9.17) is 25.5 Å². The molecule has 2 aliphatic rings. The first-order valence-electron chi connectivity index (χ1n) is 14.5. The number of likely N-dealkylation sites (tertiary alicyclic amines) is 2. The highest BCUT2D eigenvalue weighted by molar-refractivity contribution is 5.99. The number of carbonyl (C=O) groups excluding carboxylic acids is 1. The lowest BCUT2D eigenvalue weighted by Gasteiger charge is -2.32. The monoisotopic (exact) mass is 566 g/mol. The summed E-state index contributed by atoms with van der Waals surface area (Å²) < 4.78 is 11.3. The van der Waals surface area contributed by atoms with Crippen LogP contribution in [-0.4, -0.2) is 71.8 Å². The van der Waals surface area contributed by atoms with Crippen molar-refractivity contribution in [1.82, 2.24) is 14.8 Å².